The largest absolute Gasteiger partial charge is 0.507 e. The van der Waals surface area contributed by atoms with E-state index in [9.17, 15) is 9.90 Å². The van der Waals surface area contributed by atoms with E-state index in [2.05, 4.69) is 5.32 Å². The number of carbonyl (C=O) groups is 1. The van der Waals surface area contributed by atoms with Crippen molar-refractivity contribution >= 4 is 5.78 Å². The molecule has 3 heteroatoms. The summed E-state index contributed by atoms with van der Waals surface area (Å²) in [5.41, 5.74) is 0.443. The number of phenols is 1. The normalized spacial score (nSPS) is 20.8. The Bertz CT molecular complexity index is 382. The second-order valence-electron chi connectivity index (χ2n) is 4.64. The summed E-state index contributed by atoms with van der Waals surface area (Å²) in [7, 11) is 0. The van der Waals surface area contributed by atoms with Gasteiger partial charge in [0.2, 0.25) is 0 Å². The Balaban J connectivity index is 1.98. The van der Waals surface area contributed by atoms with E-state index in [4.69, 9.17) is 0 Å². The maximum absolute atomic E-state index is 12.0. The highest BCUT2D eigenvalue weighted by Crippen LogP contribution is 2.20. The Hall–Kier alpha value is -1.35. The fourth-order valence-corrected chi connectivity index (χ4v) is 2.32. The molecule has 1 aromatic rings. The van der Waals surface area contributed by atoms with Gasteiger partial charge in [-0.25, -0.2) is 0 Å². The number of para-hydroxylation sites is 1. The summed E-state index contributed by atoms with van der Waals surface area (Å²) in [6, 6.07) is 7.04. The number of rotatable bonds is 3. The van der Waals surface area contributed by atoms with Gasteiger partial charge in [0.15, 0.2) is 5.78 Å². The first-order chi connectivity index (χ1) is 8.27. The molecule has 1 unspecified atom stereocenters. The van der Waals surface area contributed by atoms with Gasteiger partial charge in [-0.3, -0.25) is 4.79 Å². The Morgan fingerprint density at radius 3 is 2.94 bits per heavy atom. The molecule has 1 fully saturated rings. The summed E-state index contributed by atoms with van der Waals surface area (Å²) < 4.78 is 0. The lowest BCUT2D eigenvalue weighted by atomic mass is 10.00. The van der Waals surface area contributed by atoms with Crippen LogP contribution in [-0.4, -0.2) is 23.5 Å². The third-order valence-electron chi connectivity index (χ3n) is 3.30. The van der Waals surface area contributed by atoms with Crippen LogP contribution in [0.2, 0.25) is 0 Å². The molecule has 1 saturated heterocycles. The standard InChI is InChI=1S/C14H19NO2/c16-13-8-4-3-7-12(13)14(17)10-11-6-2-1-5-9-15-11/h3-4,7-8,11,15-16H,1-2,5-6,9-10H2. The molecular weight excluding hydrogens is 214 g/mol. The fraction of sp³-hybridized carbons (Fsp3) is 0.500. The van der Waals surface area contributed by atoms with Gasteiger partial charge < -0.3 is 10.4 Å². The van der Waals surface area contributed by atoms with Crippen molar-refractivity contribution in [1.82, 2.24) is 5.32 Å². The number of nitrogens with one attached hydrogen (secondary N) is 1. The molecule has 0 spiro atoms. The lowest BCUT2D eigenvalue weighted by Crippen LogP contribution is -2.30. The Morgan fingerprint density at radius 1 is 1.29 bits per heavy atom. The lowest BCUT2D eigenvalue weighted by molar-refractivity contribution is 0.0965. The molecule has 0 aromatic heterocycles. The second kappa shape index (κ2) is 5.82. The van der Waals surface area contributed by atoms with Crippen LogP contribution in [0.1, 0.15) is 42.5 Å². The molecule has 0 amide bonds. The number of Topliss-reactive ketones (excluding diaryl/α,β-unsaturated/α-hetero) is 1. The molecular formula is C14H19NO2. The molecule has 0 radical (unpaired) electrons. The first-order valence-corrected chi connectivity index (χ1v) is 6.32. The van der Waals surface area contributed by atoms with E-state index < -0.39 is 0 Å². The van der Waals surface area contributed by atoms with Gasteiger partial charge in [-0.05, 0) is 31.5 Å². The highest BCUT2D eigenvalue weighted by atomic mass is 16.3. The zero-order valence-corrected chi connectivity index (χ0v) is 9.98. The summed E-state index contributed by atoms with van der Waals surface area (Å²) >= 11 is 0. The third-order valence-corrected chi connectivity index (χ3v) is 3.30. The van der Waals surface area contributed by atoms with Crippen molar-refractivity contribution in [3.05, 3.63) is 29.8 Å². The molecule has 17 heavy (non-hydrogen) atoms. The average Bonchev–Trinajstić information content (AvgIpc) is 2.58. The average molecular weight is 233 g/mol. The molecule has 0 aliphatic carbocycles. The number of hydrogen-bond acceptors (Lipinski definition) is 3. The van der Waals surface area contributed by atoms with Crippen LogP contribution in [-0.2, 0) is 0 Å². The molecule has 2 N–H and O–H groups in total. The quantitative estimate of drug-likeness (QED) is 0.789. The van der Waals surface area contributed by atoms with Crippen LogP contribution in [0.5, 0.6) is 5.75 Å². The first-order valence-electron chi connectivity index (χ1n) is 6.32. The molecule has 1 atom stereocenters. The van der Waals surface area contributed by atoms with E-state index in [1.807, 2.05) is 0 Å². The smallest absolute Gasteiger partial charge is 0.168 e. The molecule has 0 saturated carbocycles. The molecule has 1 aliphatic heterocycles. The number of ketones is 1. The van der Waals surface area contributed by atoms with Crippen molar-refractivity contribution in [2.24, 2.45) is 0 Å². The van der Waals surface area contributed by atoms with Crippen molar-refractivity contribution < 1.29 is 9.90 Å². The van der Waals surface area contributed by atoms with Crippen LogP contribution < -0.4 is 5.32 Å². The van der Waals surface area contributed by atoms with Crippen LogP contribution in [0, 0.1) is 0 Å². The highest BCUT2D eigenvalue weighted by molar-refractivity contribution is 5.98. The minimum atomic E-state index is 0.0301. The van der Waals surface area contributed by atoms with Gasteiger partial charge in [0.25, 0.3) is 0 Å². The van der Waals surface area contributed by atoms with E-state index in [0.29, 0.717) is 12.0 Å². The molecule has 2 rings (SSSR count). The lowest BCUT2D eigenvalue weighted by Gasteiger charge is -2.14. The minimum Gasteiger partial charge on any atom is -0.507 e. The Kier molecular flexibility index (Phi) is 4.15. The Labute approximate surface area is 102 Å². The second-order valence-corrected chi connectivity index (χ2v) is 4.64. The number of benzene rings is 1. The van der Waals surface area contributed by atoms with Crippen LogP contribution >= 0.6 is 0 Å². The monoisotopic (exact) mass is 233 g/mol. The molecule has 1 heterocycles. The van der Waals surface area contributed by atoms with Gasteiger partial charge in [-0.15, -0.1) is 0 Å². The minimum absolute atomic E-state index is 0.0301. The van der Waals surface area contributed by atoms with Crippen LogP contribution in [0.15, 0.2) is 24.3 Å². The maximum atomic E-state index is 12.0. The highest BCUT2D eigenvalue weighted by Gasteiger charge is 2.18. The number of phenolic OH excluding ortho intramolecular Hbond substituents is 1. The number of aromatic hydroxyl groups is 1. The third kappa shape index (κ3) is 3.30. The van der Waals surface area contributed by atoms with Crippen molar-refractivity contribution in [3.8, 4) is 5.75 Å². The van der Waals surface area contributed by atoms with Crippen molar-refractivity contribution in [2.45, 2.75) is 38.1 Å². The van der Waals surface area contributed by atoms with Crippen molar-refractivity contribution in [1.29, 1.82) is 0 Å². The molecule has 1 aliphatic rings. The number of hydrogen-bond donors (Lipinski definition) is 2. The molecule has 1 aromatic carbocycles. The van der Waals surface area contributed by atoms with Crippen molar-refractivity contribution in [2.75, 3.05) is 6.54 Å². The summed E-state index contributed by atoms with van der Waals surface area (Å²) in [5.74, 6) is 0.119. The summed E-state index contributed by atoms with van der Waals surface area (Å²) in [4.78, 5) is 12.0. The number of carbonyl (C=O) groups excluding carboxylic acids is 1. The van der Waals surface area contributed by atoms with Gasteiger partial charge in [0.1, 0.15) is 5.75 Å². The van der Waals surface area contributed by atoms with Gasteiger partial charge in [0.05, 0.1) is 5.56 Å². The Morgan fingerprint density at radius 2 is 2.12 bits per heavy atom. The van der Waals surface area contributed by atoms with Crippen LogP contribution in [0.3, 0.4) is 0 Å². The SMILES string of the molecule is O=C(CC1CCCCCN1)c1ccccc1O. The topological polar surface area (TPSA) is 49.3 Å². The van der Waals surface area contributed by atoms with Gasteiger partial charge in [-0.2, -0.15) is 0 Å². The van der Waals surface area contributed by atoms with E-state index in [1.165, 1.54) is 19.3 Å². The maximum Gasteiger partial charge on any atom is 0.168 e. The zero-order valence-electron chi connectivity index (χ0n) is 9.98. The van der Waals surface area contributed by atoms with Crippen LogP contribution in [0.25, 0.3) is 0 Å². The van der Waals surface area contributed by atoms with Crippen LogP contribution in [0.4, 0.5) is 0 Å². The van der Waals surface area contributed by atoms with E-state index in [-0.39, 0.29) is 17.6 Å². The van der Waals surface area contributed by atoms with E-state index >= 15 is 0 Å². The molecule has 92 valence electrons. The zero-order chi connectivity index (χ0) is 12.1. The summed E-state index contributed by atoms with van der Waals surface area (Å²) in [5, 5.41) is 13.0. The van der Waals surface area contributed by atoms with Crippen molar-refractivity contribution in [3.63, 3.8) is 0 Å². The predicted molar refractivity (Wildman–Crippen MR) is 67.3 cm³/mol. The first kappa shape index (κ1) is 12.1. The van der Waals surface area contributed by atoms with Gasteiger partial charge >= 0.3 is 0 Å². The molecule has 3 nitrogen and oxygen atoms in total. The van der Waals surface area contributed by atoms with E-state index in [0.717, 1.165) is 13.0 Å². The van der Waals surface area contributed by atoms with Gasteiger partial charge in [-0.1, -0.05) is 25.0 Å². The van der Waals surface area contributed by atoms with E-state index in [1.54, 1.807) is 24.3 Å². The summed E-state index contributed by atoms with van der Waals surface area (Å²) in [6.07, 6.45) is 5.16. The van der Waals surface area contributed by atoms with Gasteiger partial charge in [0, 0.05) is 12.5 Å². The summed E-state index contributed by atoms with van der Waals surface area (Å²) in [6.45, 7) is 0.999. The molecule has 0 bridgehead atoms. The predicted octanol–water partition coefficient (Wildman–Crippen LogP) is 2.50. The fourth-order valence-electron chi connectivity index (χ4n) is 2.32.